The van der Waals surface area contributed by atoms with Crippen LogP contribution >= 0.6 is 0 Å². The van der Waals surface area contributed by atoms with Gasteiger partial charge in [0.25, 0.3) is 0 Å². The molecule has 0 fully saturated rings. The number of esters is 1. The molecule has 0 N–H and O–H groups in total. The van der Waals surface area contributed by atoms with Gasteiger partial charge in [0.1, 0.15) is 4.75 Å². The first-order valence-electron chi connectivity index (χ1n) is 8.44. The Morgan fingerprint density at radius 3 is 2.58 bits per heavy atom. The normalized spacial score (nSPS) is 19.9. The zero-order valence-corrected chi connectivity index (χ0v) is 15.8. The van der Waals surface area contributed by atoms with Gasteiger partial charge < -0.3 is 9.29 Å². The van der Waals surface area contributed by atoms with Gasteiger partial charge in [0.15, 0.2) is 0 Å². The summed E-state index contributed by atoms with van der Waals surface area (Å²) in [6.45, 7) is 8.55. The van der Waals surface area contributed by atoms with Crippen LogP contribution in [0.4, 0.5) is 0 Å². The van der Waals surface area contributed by atoms with Crippen molar-refractivity contribution in [3.63, 3.8) is 0 Å². The summed E-state index contributed by atoms with van der Waals surface area (Å²) in [4.78, 5) is 12.3. The van der Waals surface area contributed by atoms with E-state index in [0.29, 0.717) is 18.7 Å². The summed E-state index contributed by atoms with van der Waals surface area (Å²) in [6, 6.07) is 10.0. The van der Waals surface area contributed by atoms with Crippen molar-refractivity contribution in [1.29, 1.82) is 0 Å². The molecule has 1 aliphatic rings. The molecule has 5 heteroatoms. The molecule has 1 aliphatic heterocycles. The van der Waals surface area contributed by atoms with Gasteiger partial charge in [-0.25, -0.2) is 4.79 Å². The molecule has 0 aromatic heterocycles. The fourth-order valence-corrected chi connectivity index (χ4v) is 4.19. The minimum Gasteiger partial charge on any atom is -0.597 e. The van der Waals surface area contributed by atoms with Gasteiger partial charge in [-0.3, -0.25) is 0 Å². The molecular formula is C19H27NO3S. The summed E-state index contributed by atoms with van der Waals surface area (Å²) in [5.74, 6) is -0.288. The van der Waals surface area contributed by atoms with Crippen molar-refractivity contribution >= 4 is 17.3 Å². The summed E-state index contributed by atoms with van der Waals surface area (Å²) >= 11 is -1.17. The smallest absolute Gasteiger partial charge is 0.335 e. The van der Waals surface area contributed by atoms with E-state index in [9.17, 15) is 9.35 Å². The number of carbonyl (C=O) groups excluding carboxylic acids is 1. The Kier molecular flexibility index (Phi) is 6.49. The third-order valence-corrected chi connectivity index (χ3v) is 5.87. The summed E-state index contributed by atoms with van der Waals surface area (Å²) in [7, 11) is 0. The minimum atomic E-state index is -1.17. The summed E-state index contributed by atoms with van der Waals surface area (Å²) in [5.41, 5.74) is 1.86. The number of hydrogen-bond donors (Lipinski definition) is 0. The van der Waals surface area contributed by atoms with E-state index >= 15 is 0 Å². The lowest BCUT2D eigenvalue weighted by atomic mass is 10.0. The van der Waals surface area contributed by atoms with Gasteiger partial charge in [-0.2, -0.15) is 0 Å². The zero-order valence-electron chi connectivity index (χ0n) is 15.0. The van der Waals surface area contributed by atoms with Crippen LogP contribution in [0.3, 0.4) is 0 Å². The Balaban J connectivity index is 2.16. The number of aryl methyl sites for hydroxylation is 1. The van der Waals surface area contributed by atoms with Crippen molar-refractivity contribution in [2.24, 2.45) is 0 Å². The number of hydrogen-bond acceptors (Lipinski definition) is 4. The van der Waals surface area contributed by atoms with E-state index in [4.69, 9.17) is 4.74 Å². The maximum Gasteiger partial charge on any atom is 0.335 e. The van der Waals surface area contributed by atoms with E-state index in [1.807, 2.05) is 49.4 Å². The Morgan fingerprint density at radius 2 is 2.00 bits per heavy atom. The van der Waals surface area contributed by atoms with Crippen LogP contribution in [0, 0.1) is 0 Å². The SMILES string of the molecule is CCOC(=O)C1=CCN([S+]([O-])C(C)(C)C)C1CCc1ccccc1. The highest BCUT2D eigenvalue weighted by molar-refractivity contribution is 7.90. The molecule has 1 aromatic rings. The van der Waals surface area contributed by atoms with Gasteiger partial charge in [-0.05, 0) is 46.1 Å². The molecule has 2 atom stereocenters. The van der Waals surface area contributed by atoms with E-state index in [1.54, 1.807) is 6.92 Å². The summed E-state index contributed by atoms with van der Waals surface area (Å²) in [5, 5.41) is 0. The Bertz CT molecular complexity index is 580. The van der Waals surface area contributed by atoms with Crippen LogP contribution in [-0.4, -0.2) is 38.8 Å². The predicted octanol–water partition coefficient (Wildman–Crippen LogP) is 3.26. The molecule has 24 heavy (non-hydrogen) atoms. The topological polar surface area (TPSA) is 52.6 Å². The van der Waals surface area contributed by atoms with Crippen molar-refractivity contribution in [2.45, 2.75) is 51.3 Å². The molecule has 0 saturated carbocycles. The van der Waals surface area contributed by atoms with Gasteiger partial charge in [0, 0.05) is 11.4 Å². The van der Waals surface area contributed by atoms with E-state index < -0.39 is 11.4 Å². The average molecular weight is 349 g/mol. The second-order valence-electron chi connectivity index (χ2n) is 6.88. The number of carbonyl (C=O) groups is 1. The highest BCUT2D eigenvalue weighted by Gasteiger charge is 2.43. The van der Waals surface area contributed by atoms with Gasteiger partial charge in [-0.1, -0.05) is 36.4 Å². The minimum absolute atomic E-state index is 0.163. The van der Waals surface area contributed by atoms with Crippen LogP contribution in [0.2, 0.25) is 0 Å². The third kappa shape index (κ3) is 4.62. The molecule has 4 nitrogen and oxygen atoms in total. The van der Waals surface area contributed by atoms with Gasteiger partial charge in [0.05, 0.1) is 24.8 Å². The molecule has 0 saturated heterocycles. The van der Waals surface area contributed by atoms with Gasteiger partial charge >= 0.3 is 5.97 Å². The number of nitrogens with zero attached hydrogens (tertiary/aromatic N) is 1. The maximum absolute atomic E-state index is 12.9. The Labute approximate surface area is 148 Å². The molecule has 0 amide bonds. The highest BCUT2D eigenvalue weighted by atomic mass is 32.2. The maximum atomic E-state index is 12.9. The quantitative estimate of drug-likeness (QED) is 0.584. The van der Waals surface area contributed by atoms with Crippen LogP contribution in [-0.2, 0) is 27.3 Å². The lowest BCUT2D eigenvalue weighted by Gasteiger charge is -2.34. The van der Waals surface area contributed by atoms with Crippen LogP contribution < -0.4 is 0 Å². The van der Waals surface area contributed by atoms with Crippen LogP contribution in [0.15, 0.2) is 42.0 Å². The van der Waals surface area contributed by atoms with Crippen molar-refractivity contribution in [3.8, 4) is 0 Å². The van der Waals surface area contributed by atoms with Gasteiger partial charge in [0.2, 0.25) is 0 Å². The molecule has 2 rings (SSSR count). The van der Waals surface area contributed by atoms with Crippen molar-refractivity contribution in [1.82, 2.24) is 4.31 Å². The molecule has 0 spiro atoms. The van der Waals surface area contributed by atoms with Crippen LogP contribution in [0.25, 0.3) is 0 Å². The second kappa shape index (κ2) is 8.19. The zero-order chi connectivity index (χ0) is 17.7. The van der Waals surface area contributed by atoms with E-state index in [-0.39, 0.29) is 16.8 Å². The molecular weight excluding hydrogens is 322 g/mol. The summed E-state index contributed by atoms with van der Waals surface area (Å²) in [6.07, 6.45) is 3.45. The fourth-order valence-electron chi connectivity index (χ4n) is 2.82. The second-order valence-corrected chi connectivity index (χ2v) is 9.07. The highest BCUT2D eigenvalue weighted by Crippen LogP contribution is 2.32. The van der Waals surface area contributed by atoms with Crippen molar-refractivity contribution < 1.29 is 14.1 Å². The largest absolute Gasteiger partial charge is 0.597 e. The van der Waals surface area contributed by atoms with Gasteiger partial charge in [-0.15, -0.1) is 4.31 Å². The molecule has 0 aliphatic carbocycles. The van der Waals surface area contributed by atoms with E-state index in [1.165, 1.54) is 5.56 Å². The predicted molar refractivity (Wildman–Crippen MR) is 97.9 cm³/mol. The van der Waals surface area contributed by atoms with Crippen molar-refractivity contribution in [2.75, 3.05) is 13.2 Å². The fraction of sp³-hybridized carbons (Fsp3) is 0.526. The van der Waals surface area contributed by atoms with E-state index in [2.05, 4.69) is 12.1 Å². The lowest BCUT2D eigenvalue weighted by Crippen LogP contribution is -2.47. The standard InChI is InChI=1S/C19H27NO3S/c1-5-23-18(21)16-13-14-20(24(22)19(2,3)4)17(16)12-11-15-9-7-6-8-10-15/h6-10,13,17H,5,11-12,14H2,1-4H3. The van der Waals surface area contributed by atoms with E-state index in [0.717, 1.165) is 12.8 Å². The first-order valence-corrected chi connectivity index (χ1v) is 9.55. The monoisotopic (exact) mass is 349 g/mol. The Hall–Kier alpha value is -1.30. The third-order valence-electron chi connectivity index (χ3n) is 4.00. The van der Waals surface area contributed by atoms with Crippen molar-refractivity contribution in [3.05, 3.63) is 47.5 Å². The van der Waals surface area contributed by atoms with Crippen LogP contribution in [0.1, 0.15) is 39.7 Å². The summed E-state index contributed by atoms with van der Waals surface area (Å²) < 4.78 is 19.6. The molecule has 132 valence electrons. The molecule has 1 heterocycles. The lowest BCUT2D eigenvalue weighted by molar-refractivity contribution is -0.138. The Morgan fingerprint density at radius 1 is 1.33 bits per heavy atom. The molecule has 0 radical (unpaired) electrons. The molecule has 2 unspecified atom stereocenters. The number of ether oxygens (including phenoxy) is 1. The van der Waals surface area contributed by atoms with Crippen LogP contribution in [0.5, 0.6) is 0 Å². The number of rotatable bonds is 6. The first-order chi connectivity index (χ1) is 11.3. The number of benzene rings is 1. The molecule has 0 bridgehead atoms. The first kappa shape index (κ1) is 19.0. The average Bonchev–Trinajstić information content (AvgIpc) is 2.96. The molecule has 1 aromatic carbocycles.